The maximum absolute atomic E-state index is 4.48. The van der Waals surface area contributed by atoms with Crippen molar-refractivity contribution in [3.8, 4) is 0 Å². The Hall–Kier alpha value is -0.230. The highest BCUT2D eigenvalue weighted by Crippen LogP contribution is 2.28. The van der Waals surface area contributed by atoms with Gasteiger partial charge in [-0.1, -0.05) is 0 Å². The van der Waals surface area contributed by atoms with Crippen LogP contribution >= 0.6 is 38.6 Å². The van der Waals surface area contributed by atoms with Gasteiger partial charge in [-0.05, 0) is 49.7 Å². The maximum Gasteiger partial charge on any atom is 0.0900 e. The van der Waals surface area contributed by atoms with Crippen LogP contribution in [0.3, 0.4) is 0 Å². The molecular weight excluding hydrogens is 328 g/mol. The average Bonchev–Trinajstić information content (AvgIpc) is 2.79. The first kappa shape index (κ1) is 14.2. The highest BCUT2D eigenvalue weighted by atomic mass is 79.9. The van der Waals surface area contributed by atoms with Crippen LogP contribution in [-0.4, -0.2) is 4.98 Å². The molecule has 2 aromatic rings. The van der Waals surface area contributed by atoms with Crippen molar-refractivity contribution in [1.82, 2.24) is 10.3 Å². The van der Waals surface area contributed by atoms with E-state index in [9.17, 15) is 0 Å². The quantitative estimate of drug-likeness (QED) is 0.865. The van der Waals surface area contributed by atoms with Crippen molar-refractivity contribution in [3.05, 3.63) is 35.9 Å². The van der Waals surface area contributed by atoms with Crippen LogP contribution in [-0.2, 0) is 6.54 Å². The van der Waals surface area contributed by atoms with Crippen molar-refractivity contribution in [2.75, 3.05) is 0 Å². The lowest BCUT2D eigenvalue weighted by molar-refractivity contribution is 0.583. The molecule has 2 aromatic heterocycles. The molecule has 0 radical (unpaired) electrons. The first-order valence-corrected chi connectivity index (χ1v) is 8.32. The smallest absolute Gasteiger partial charge is 0.0900 e. The van der Waals surface area contributed by atoms with Gasteiger partial charge in [0.2, 0.25) is 0 Å². The number of halogens is 1. The van der Waals surface area contributed by atoms with E-state index in [4.69, 9.17) is 0 Å². The summed E-state index contributed by atoms with van der Waals surface area (Å²) in [6.07, 6.45) is 0. The van der Waals surface area contributed by atoms with E-state index in [1.165, 1.54) is 19.1 Å². The lowest BCUT2D eigenvalue weighted by Crippen LogP contribution is -2.17. The molecule has 0 saturated heterocycles. The highest BCUT2D eigenvalue weighted by Gasteiger charge is 2.13. The first-order valence-electron chi connectivity index (χ1n) is 5.89. The molecule has 5 heteroatoms. The van der Waals surface area contributed by atoms with Crippen LogP contribution in [0.5, 0.6) is 0 Å². The Morgan fingerprint density at radius 1 is 1.33 bits per heavy atom. The van der Waals surface area contributed by atoms with Gasteiger partial charge >= 0.3 is 0 Å². The predicted octanol–water partition coefficient (Wildman–Crippen LogP) is 4.74. The van der Waals surface area contributed by atoms with Gasteiger partial charge in [0.05, 0.1) is 10.7 Å². The molecule has 0 aliphatic rings. The third-order valence-corrected chi connectivity index (χ3v) is 6.22. The fraction of sp³-hybridized carbons (Fsp3) is 0.462. The van der Waals surface area contributed by atoms with E-state index in [0.29, 0.717) is 6.04 Å². The van der Waals surface area contributed by atoms with Crippen LogP contribution in [0.15, 0.2) is 10.5 Å². The standard InChI is InChI=1S/C13H17BrN2S2/c1-7(13-8(2)16-10(4)18-13)15-6-11-5-12(14)9(3)17-11/h5,7,15H,6H2,1-4H3. The monoisotopic (exact) mass is 344 g/mol. The van der Waals surface area contributed by atoms with E-state index in [-0.39, 0.29) is 0 Å². The second-order valence-corrected chi connectivity index (χ2v) is 7.83. The summed E-state index contributed by atoms with van der Waals surface area (Å²) >= 11 is 7.18. The van der Waals surface area contributed by atoms with E-state index in [2.05, 4.69) is 60.0 Å². The molecule has 1 N–H and O–H groups in total. The van der Waals surface area contributed by atoms with Gasteiger partial charge in [-0.3, -0.25) is 0 Å². The highest BCUT2D eigenvalue weighted by molar-refractivity contribution is 9.10. The molecule has 2 nitrogen and oxygen atoms in total. The zero-order valence-electron chi connectivity index (χ0n) is 11.0. The maximum atomic E-state index is 4.48. The Bertz CT molecular complexity index is 526. The minimum atomic E-state index is 0.359. The van der Waals surface area contributed by atoms with E-state index in [0.717, 1.165) is 17.2 Å². The van der Waals surface area contributed by atoms with Gasteiger partial charge in [0, 0.05) is 31.7 Å². The number of hydrogen-bond donors (Lipinski definition) is 1. The zero-order valence-corrected chi connectivity index (χ0v) is 14.2. The molecule has 0 saturated carbocycles. The summed E-state index contributed by atoms with van der Waals surface area (Å²) < 4.78 is 1.21. The summed E-state index contributed by atoms with van der Waals surface area (Å²) in [6.45, 7) is 9.40. The molecule has 0 bridgehead atoms. The number of hydrogen-bond acceptors (Lipinski definition) is 4. The van der Waals surface area contributed by atoms with Gasteiger partial charge in [0.1, 0.15) is 0 Å². The molecule has 2 rings (SSSR count). The van der Waals surface area contributed by atoms with Crippen LogP contribution in [0.4, 0.5) is 0 Å². The third-order valence-electron chi connectivity index (χ3n) is 2.82. The summed E-state index contributed by atoms with van der Waals surface area (Å²) in [5, 5.41) is 4.71. The second kappa shape index (κ2) is 5.82. The molecule has 0 amide bonds. The van der Waals surface area contributed by atoms with Gasteiger partial charge in [0.25, 0.3) is 0 Å². The Labute approximate surface area is 125 Å². The van der Waals surface area contributed by atoms with Crippen LogP contribution in [0, 0.1) is 20.8 Å². The number of rotatable bonds is 4. The number of aromatic nitrogens is 1. The van der Waals surface area contributed by atoms with Crippen LogP contribution in [0.25, 0.3) is 0 Å². The largest absolute Gasteiger partial charge is 0.304 e. The van der Waals surface area contributed by atoms with Crippen molar-refractivity contribution in [2.24, 2.45) is 0 Å². The summed E-state index contributed by atoms with van der Waals surface area (Å²) in [7, 11) is 0. The molecule has 18 heavy (non-hydrogen) atoms. The SMILES string of the molecule is Cc1nc(C)c(C(C)NCc2cc(Br)c(C)s2)s1. The number of thiophene rings is 1. The molecule has 2 heterocycles. The van der Waals surface area contributed by atoms with E-state index < -0.39 is 0 Å². The lowest BCUT2D eigenvalue weighted by atomic mass is 10.2. The van der Waals surface area contributed by atoms with E-state index in [1.807, 2.05) is 11.3 Å². The van der Waals surface area contributed by atoms with Gasteiger partial charge in [-0.25, -0.2) is 4.98 Å². The first-order chi connectivity index (χ1) is 8.47. The molecule has 0 aliphatic carbocycles. The molecule has 1 atom stereocenters. The fourth-order valence-corrected chi connectivity index (χ4v) is 4.41. The lowest BCUT2D eigenvalue weighted by Gasteiger charge is -2.11. The number of thiazole rings is 1. The summed E-state index contributed by atoms with van der Waals surface area (Å²) in [4.78, 5) is 8.53. The number of nitrogens with zero attached hydrogens (tertiary/aromatic N) is 1. The van der Waals surface area contributed by atoms with Crippen LogP contribution < -0.4 is 5.32 Å². The predicted molar refractivity (Wildman–Crippen MR) is 83.6 cm³/mol. The minimum absolute atomic E-state index is 0.359. The zero-order chi connectivity index (χ0) is 13.3. The fourth-order valence-electron chi connectivity index (χ4n) is 1.90. The number of aryl methyl sites for hydroxylation is 3. The Balaban J connectivity index is 2.00. The van der Waals surface area contributed by atoms with Crippen molar-refractivity contribution in [1.29, 1.82) is 0 Å². The summed E-state index contributed by atoms with van der Waals surface area (Å²) in [5.41, 5.74) is 1.15. The van der Waals surface area contributed by atoms with Crippen LogP contribution in [0.1, 0.15) is 38.3 Å². The van der Waals surface area contributed by atoms with Gasteiger partial charge < -0.3 is 5.32 Å². The summed E-state index contributed by atoms with van der Waals surface area (Å²) in [5.74, 6) is 0. The van der Waals surface area contributed by atoms with E-state index in [1.54, 1.807) is 11.3 Å². The van der Waals surface area contributed by atoms with Crippen molar-refractivity contribution in [2.45, 2.75) is 40.3 Å². The Morgan fingerprint density at radius 2 is 2.06 bits per heavy atom. The van der Waals surface area contributed by atoms with E-state index >= 15 is 0 Å². The van der Waals surface area contributed by atoms with Crippen molar-refractivity contribution in [3.63, 3.8) is 0 Å². The molecule has 1 unspecified atom stereocenters. The molecule has 0 spiro atoms. The Kier molecular flexibility index (Phi) is 4.59. The molecule has 0 aliphatic heterocycles. The molecule has 0 fully saturated rings. The Morgan fingerprint density at radius 3 is 2.56 bits per heavy atom. The normalized spacial score (nSPS) is 12.9. The van der Waals surface area contributed by atoms with Crippen molar-refractivity contribution >= 4 is 38.6 Å². The minimum Gasteiger partial charge on any atom is -0.304 e. The number of nitrogens with one attached hydrogen (secondary N) is 1. The topological polar surface area (TPSA) is 24.9 Å². The molecule has 0 aromatic carbocycles. The molecule has 98 valence electrons. The second-order valence-electron chi connectivity index (χ2n) is 4.40. The van der Waals surface area contributed by atoms with Gasteiger partial charge in [-0.2, -0.15) is 0 Å². The third kappa shape index (κ3) is 3.20. The van der Waals surface area contributed by atoms with Crippen molar-refractivity contribution < 1.29 is 0 Å². The average molecular weight is 345 g/mol. The van der Waals surface area contributed by atoms with Gasteiger partial charge in [0.15, 0.2) is 0 Å². The van der Waals surface area contributed by atoms with Crippen LogP contribution in [0.2, 0.25) is 0 Å². The van der Waals surface area contributed by atoms with Gasteiger partial charge in [-0.15, -0.1) is 22.7 Å². The molecular formula is C13H17BrN2S2. The summed E-state index contributed by atoms with van der Waals surface area (Å²) in [6, 6.07) is 2.56.